The highest BCUT2D eigenvalue weighted by atomic mass is 32.2. The van der Waals surface area contributed by atoms with Crippen LogP contribution in [0.4, 0.5) is 0 Å². The molecule has 2 rings (SSSR count). The van der Waals surface area contributed by atoms with Crippen LogP contribution in [0.1, 0.15) is 49.3 Å². The molecule has 7 nitrogen and oxygen atoms in total. The Hall–Kier alpha value is -2.74. The summed E-state index contributed by atoms with van der Waals surface area (Å²) in [7, 11) is -0.815. The van der Waals surface area contributed by atoms with E-state index < -0.39 is 10.1 Å². The Kier molecular flexibility index (Phi) is 9.84. The van der Waals surface area contributed by atoms with Crippen LogP contribution in [-0.2, 0) is 38.9 Å². The SMILES string of the molecule is CCCCS(=O)(=O)Oc1ccc(CCCc2ccc(CCC(=O)OC)cc2O)cc1OC. The molecule has 8 heteroatoms. The highest BCUT2D eigenvalue weighted by Crippen LogP contribution is 2.30. The average Bonchev–Trinajstić information content (AvgIpc) is 2.78. The number of aromatic hydroxyl groups is 1. The fourth-order valence-corrected chi connectivity index (χ4v) is 4.38. The number of aryl methyl sites for hydroxylation is 3. The van der Waals surface area contributed by atoms with Crippen molar-refractivity contribution >= 4 is 16.1 Å². The van der Waals surface area contributed by atoms with Crippen LogP contribution in [0.3, 0.4) is 0 Å². The summed E-state index contributed by atoms with van der Waals surface area (Å²) < 4.78 is 39.3. The van der Waals surface area contributed by atoms with Crippen molar-refractivity contribution < 1.29 is 32.0 Å². The van der Waals surface area contributed by atoms with E-state index in [1.807, 2.05) is 25.1 Å². The molecule has 0 unspecified atom stereocenters. The van der Waals surface area contributed by atoms with Crippen molar-refractivity contribution in [2.24, 2.45) is 0 Å². The zero-order valence-corrected chi connectivity index (χ0v) is 19.7. The van der Waals surface area contributed by atoms with E-state index in [-0.39, 0.29) is 29.6 Å². The van der Waals surface area contributed by atoms with Crippen molar-refractivity contribution in [2.75, 3.05) is 20.0 Å². The number of esters is 1. The topological polar surface area (TPSA) is 99.1 Å². The molecule has 1 N–H and O–H groups in total. The van der Waals surface area contributed by atoms with Gasteiger partial charge < -0.3 is 18.8 Å². The molecule has 0 bridgehead atoms. The van der Waals surface area contributed by atoms with Crippen molar-refractivity contribution in [3.8, 4) is 17.2 Å². The summed E-state index contributed by atoms with van der Waals surface area (Å²) in [5, 5.41) is 10.3. The van der Waals surface area contributed by atoms with Crippen LogP contribution >= 0.6 is 0 Å². The number of ether oxygens (including phenoxy) is 2. The van der Waals surface area contributed by atoms with E-state index in [0.717, 1.165) is 36.0 Å². The molecule has 0 aliphatic rings. The smallest absolute Gasteiger partial charge is 0.309 e. The number of carbonyl (C=O) groups excluding carboxylic acids is 1. The summed E-state index contributed by atoms with van der Waals surface area (Å²) in [5.74, 6) is 0.470. The molecule has 0 amide bonds. The van der Waals surface area contributed by atoms with Gasteiger partial charge in [0.05, 0.1) is 20.0 Å². The quantitative estimate of drug-likeness (QED) is 0.350. The molecule has 0 aliphatic carbocycles. The molecular weight excluding hydrogens is 432 g/mol. The van der Waals surface area contributed by atoms with E-state index in [9.17, 15) is 18.3 Å². The third kappa shape index (κ3) is 8.07. The van der Waals surface area contributed by atoms with Crippen LogP contribution in [0.25, 0.3) is 0 Å². The molecule has 0 saturated heterocycles. The van der Waals surface area contributed by atoms with Gasteiger partial charge in [0.2, 0.25) is 0 Å². The molecule has 2 aromatic rings. The van der Waals surface area contributed by atoms with Crippen LogP contribution in [0.15, 0.2) is 36.4 Å². The third-order valence-corrected chi connectivity index (χ3v) is 6.32. The fraction of sp³-hybridized carbons (Fsp3) is 0.458. The van der Waals surface area contributed by atoms with Crippen LogP contribution in [0.2, 0.25) is 0 Å². The van der Waals surface area contributed by atoms with E-state index >= 15 is 0 Å². The second-order valence-corrected chi connectivity index (χ2v) is 9.27. The summed E-state index contributed by atoms with van der Waals surface area (Å²) >= 11 is 0. The number of hydrogen-bond donors (Lipinski definition) is 1. The number of unbranched alkanes of at least 4 members (excludes halogenated alkanes) is 1. The minimum absolute atomic E-state index is 0.0284. The van der Waals surface area contributed by atoms with E-state index in [1.165, 1.54) is 14.2 Å². The van der Waals surface area contributed by atoms with Gasteiger partial charge in [0.1, 0.15) is 5.75 Å². The maximum absolute atomic E-state index is 12.1. The third-order valence-electron chi connectivity index (χ3n) is 5.10. The van der Waals surface area contributed by atoms with Gasteiger partial charge in [-0.3, -0.25) is 4.79 Å². The van der Waals surface area contributed by atoms with Crippen molar-refractivity contribution in [3.63, 3.8) is 0 Å². The molecule has 32 heavy (non-hydrogen) atoms. The monoisotopic (exact) mass is 464 g/mol. The van der Waals surface area contributed by atoms with Crippen molar-refractivity contribution in [1.29, 1.82) is 0 Å². The first-order valence-corrected chi connectivity index (χ1v) is 12.3. The number of hydrogen-bond acceptors (Lipinski definition) is 7. The molecule has 0 fully saturated rings. The lowest BCUT2D eigenvalue weighted by molar-refractivity contribution is -0.140. The first kappa shape index (κ1) is 25.5. The van der Waals surface area contributed by atoms with Crippen LogP contribution in [0.5, 0.6) is 17.2 Å². The minimum atomic E-state index is -3.65. The molecule has 0 aliphatic heterocycles. The largest absolute Gasteiger partial charge is 0.508 e. The normalized spacial score (nSPS) is 11.2. The lowest BCUT2D eigenvalue weighted by atomic mass is 10.0. The van der Waals surface area contributed by atoms with Gasteiger partial charge in [-0.25, -0.2) is 0 Å². The lowest BCUT2D eigenvalue weighted by Crippen LogP contribution is -2.14. The average molecular weight is 465 g/mol. The predicted molar refractivity (Wildman–Crippen MR) is 123 cm³/mol. The molecule has 0 radical (unpaired) electrons. The van der Waals surface area contributed by atoms with Gasteiger partial charge >= 0.3 is 16.1 Å². The molecular formula is C24H32O7S. The number of benzene rings is 2. The van der Waals surface area contributed by atoms with Crippen LogP contribution < -0.4 is 8.92 Å². The number of methoxy groups -OCH3 is 2. The Labute approximate surface area is 190 Å². The Morgan fingerprint density at radius 3 is 2.31 bits per heavy atom. The Morgan fingerprint density at radius 2 is 1.66 bits per heavy atom. The number of phenolic OH excluding ortho intramolecular Hbond substituents is 1. The Morgan fingerprint density at radius 1 is 0.938 bits per heavy atom. The lowest BCUT2D eigenvalue weighted by Gasteiger charge is -2.12. The van der Waals surface area contributed by atoms with Gasteiger partial charge in [-0.05, 0) is 67.0 Å². The highest BCUT2D eigenvalue weighted by Gasteiger charge is 2.16. The van der Waals surface area contributed by atoms with Gasteiger partial charge in [0, 0.05) is 6.42 Å². The second kappa shape index (κ2) is 12.3. The predicted octanol–water partition coefficient (Wildman–Crippen LogP) is 4.19. The molecule has 0 heterocycles. The zero-order valence-electron chi connectivity index (χ0n) is 18.9. The standard InChI is InChI=1S/C24H32O7S/c1-4-5-15-32(27,28)31-22-13-10-18(17-23(22)29-2)7-6-8-20-12-9-19(16-21(20)25)11-14-24(26)30-3/h9-10,12-13,16-17,25H,4-8,11,14-15H2,1-3H3. The van der Waals surface area contributed by atoms with Crippen molar-refractivity contribution in [3.05, 3.63) is 53.1 Å². The zero-order chi connectivity index (χ0) is 23.6. The van der Waals surface area contributed by atoms with E-state index in [4.69, 9.17) is 8.92 Å². The first-order chi connectivity index (χ1) is 15.3. The van der Waals surface area contributed by atoms with Gasteiger partial charge in [-0.15, -0.1) is 0 Å². The van der Waals surface area contributed by atoms with Crippen LogP contribution in [-0.4, -0.2) is 39.5 Å². The van der Waals surface area contributed by atoms with Gasteiger partial charge in [-0.1, -0.05) is 31.5 Å². The molecule has 176 valence electrons. The molecule has 0 saturated carbocycles. The second-order valence-electron chi connectivity index (χ2n) is 7.58. The Balaban J connectivity index is 1.94. The summed E-state index contributed by atoms with van der Waals surface area (Å²) in [4.78, 5) is 11.3. The summed E-state index contributed by atoms with van der Waals surface area (Å²) in [6.45, 7) is 1.92. The maximum atomic E-state index is 12.1. The van der Waals surface area contributed by atoms with Crippen LogP contribution in [0, 0.1) is 0 Å². The van der Waals surface area contributed by atoms with Crippen molar-refractivity contribution in [2.45, 2.75) is 51.9 Å². The highest BCUT2D eigenvalue weighted by molar-refractivity contribution is 7.87. The minimum Gasteiger partial charge on any atom is -0.508 e. The van der Waals surface area contributed by atoms with Gasteiger partial charge in [0.15, 0.2) is 11.5 Å². The fourth-order valence-electron chi connectivity index (χ4n) is 3.24. The number of rotatable bonds is 13. The molecule has 0 atom stereocenters. The van der Waals surface area contributed by atoms with Gasteiger partial charge in [-0.2, -0.15) is 8.42 Å². The first-order valence-electron chi connectivity index (χ1n) is 10.7. The summed E-state index contributed by atoms with van der Waals surface area (Å²) in [6, 6.07) is 10.7. The Bertz CT molecular complexity index is 999. The van der Waals surface area contributed by atoms with E-state index in [1.54, 1.807) is 18.2 Å². The molecule has 0 spiro atoms. The van der Waals surface area contributed by atoms with Crippen molar-refractivity contribution in [1.82, 2.24) is 0 Å². The number of carbonyl (C=O) groups is 1. The number of phenols is 1. The van der Waals surface area contributed by atoms with E-state index in [2.05, 4.69) is 4.74 Å². The van der Waals surface area contributed by atoms with Gasteiger partial charge in [0.25, 0.3) is 0 Å². The molecule has 0 aromatic heterocycles. The molecule has 2 aromatic carbocycles. The summed E-state index contributed by atoms with van der Waals surface area (Å²) in [6.07, 6.45) is 4.29. The van der Waals surface area contributed by atoms with E-state index in [0.29, 0.717) is 25.0 Å². The maximum Gasteiger partial charge on any atom is 0.309 e. The summed E-state index contributed by atoms with van der Waals surface area (Å²) in [5.41, 5.74) is 2.70.